The molecule has 3 aromatic rings. The van der Waals surface area contributed by atoms with Crippen molar-refractivity contribution in [2.75, 3.05) is 29.9 Å². The van der Waals surface area contributed by atoms with Crippen molar-refractivity contribution >= 4 is 23.2 Å². The van der Waals surface area contributed by atoms with Crippen LogP contribution in [-0.2, 0) is 4.79 Å². The predicted molar refractivity (Wildman–Crippen MR) is 121 cm³/mol. The molecule has 0 unspecified atom stereocenters. The highest BCUT2D eigenvalue weighted by molar-refractivity contribution is 6.00. The lowest BCUT2D eigenvalue weighted by molar-refractivity contribution is -0.115. The molecule has 2 amide bonds. The van der Waals surface area contributed by atoms with Gasteiger partial charge in [-0.25, -0.2) is 0 Å². The number of benzene rings is 3. The summed E-state index contributed by atoms with van der Waals surface area (Å²) < 4.78 is 0. The molecular weight excluding hydrogens is 374 g/mol. The van der Waals surface area contributed by atoms with Crippen LogP contribution in [0.4, 0.5) is 11.4 Å². The van der Waals surface area contributed by atoms with E-state index in [-0.39, 0.29) is 18.4 Å². The van der Waals surface area contributed by atoms with Crippen molar-refractivity contribution in [2.24, 2.45) is 0 Å². The Morgan fingerprint density at radius 3 is 2.13 bits per heavy atom. The van der Waals surface area contributed by atoms with Crippen LogP contribution in [0.15, 0.2) is 78.9 Å². The van der Waals surface area contributed by atoms with Crippen LogP contribution in [0, 0.1) is 0 Å². The third-order valence-corrected chi connectivity index (χ3v) is 5.29. The van der Waals surface area contributed by atoms with E-state index in [2.05, 4.69) is 15.5 Å². The van der Waals surface area contributed by atoms with Gasteiger partial charge in [0.15, 0.2) is 0 Å². The van der Waals surface area contributed by atoms with Crippen molar-refractivity contribution in [2.45, 2.75) is 12.8 Å². The SMILES string of the molecule is O=C(CNC(=O)c1ccc(-c2ccccc2)cc1)Nc1ccccc1N1CCCC1. The van der Waals surface area contributed by atoms with Crippen LogP contribution in [0.1, 0.15) is 23.2 Å². The Morgan fingerprint density at radius 2 is 1.40 bits per heavy atom. The normalized spacial score (nSPS) is 13.1. The van der Waals surface area contributed by atoms with Gasteiger partial charge in [0.1, 0.15) is 0 Å². The number of hydrogen-bond acceptors (Lipinski definition) is 3. The number of nitrogens with zero attached hydrogens (tertiary/aromatic N) is 1. The second-order valence-electron chi connectivity index (χ2n) is 7.39. The van der Waals surface area contributed by atoms with Crippen LogP contribution in [0.25, 0.3) is 11.1 Å². The van der Waals surface area contributed by atoms with E-state index >= 15 is 0 Å². The highest BCUT2D eigenvalue weighted by Gasteiger charge is 2.17. The Morgan fingerprint density at radius 1 is 0.767 bits per heavy atom. The largest absolute Gasteiger partial charge is 0.370 e. The van der Waals surface area contributed by atoms with Crippen molar-refractivity contribution < 1.29 is 9.59 Å². The summed E-state index contributed by atoms with van der Waals surface area (Å²) in [6.45, 7) is 1.93. The zero-order chi connectivity index (χ0) is 20.8. The number of rotatable bonds is 6. The van der Waals surface area contributed by atoms with Crippen molar-refractivity contribution in [3.8, 4) is 11.1 Å². The van der Waals surface area contributed by atoms with Gasteiger partial charge in [0.25, 0.3) is 5.91 Å². The zero-order valence-electron chi connectivity index (χ0n) is 16.8. The van der Waals surface area contributed by atoms with Gasteiger partial charge in [0.2, 0.25) is 5.91 Å². The first kappa shape index (κ1) is 19.7. The van der Waals surface area contributed by atoms with Gasteiger partial charge in [-0.3, -0.25) is 9.59 Å². The quantitative estimate of drug-likeness (QED) is 0.649. The molecule has 1 fully saturated rings. The standard InChI is InChI=1S/C25H25N3O2/c29-24(27-22-10-4-5-11-23(22)28-16-6-7-17-28)18-26-25(30)21-14-12-20(13-15-21)19-8-2-1-3-9-19/h1-5,8-15H,6-7,16-18H2,(H,26,30)(H,27,29). The molecule has 1 aliphatic heterocycles. The molecule has 30 heavy (non-hydrogen) atoms. The third kappa shape index (κ3) is 4.69. The number of anilines is 2. The number of carbonyl (C=O) groups is 2. The van der Waals surface area contributed by atoms with Gasteiger partial charge in [-0.1, -0.05) is 54.6 Å². The molecule has 0 spiro atoms. The van der Waals surface area contributed by atoms with E-state index in [0.717, 1.165) is 35.6 Å². The lowest BCUT2D eigenvalue weighted by Gasteiger charge is -2.21. The summed E-state index contributed by atoms with van der Waals surface area (Å²) in [5, 5.41) is 5.63. The monoisotopic (exact) mass is 399 g/mol. The number of amides is 2. The molecule has 1 saturated heterocycles. The maximum absolute atomic E-state index is 12.4. The molecule has 1 heterocycles. The molecular formula is C25H25N3O2. The minimum absolute atomic E-state index is 0.0758. The maximum Gasteiger partial charge on any atom is 0.251 e. The van der Waals surface area contributed by atoms with E-state index in [0.29, 0.717) is 5.56 Å². The molecule has 5 nitrogen and oxygen atoms in total. The fraction of sp³-hybridized carbons (Fsp3) is 0.200. The van der Waals surface area contributed by atoms with Crippen molar-refractivity contribution in [1.29, 1.82) is 0 Å². The lowest BCUT2D eigenvalue weighted by Crippen LogP contribution is -2.33. The highest BCUT2D eigenvalue weighted by atomic mass is 16.2. The van der Waals surface area contributed by atoms with Gasteiger partial charge < -0.3 is 15.5 Å². The van der Waals surface area contributed by atoms with E-state index in [1.165, 1.54) is 12.8 Å². The van der Waals surface area contributed by atoms with Gasteiger partial charge in [-0.05, 0) is 48.2 Å². The fourth-order valence-corrected chi connectivity index (χ4v) is 3.71. The molecule has 4 rings (SSSR count). The van der Waals surface area contributed by atoms with Gasteiger partial charge >= 0.3 is 0 Å². The number of carbonyl (C=O) groups excluding carboxylic acids is 2. The van der Waals surface area contributed by atoms with Crippen LogP contribution in [-0.4, -0.2) is 31.4 Å². The third-order valence-electron chi connectivity index (χ3n) is 5.29. The summed E-state index contributed by atoms with van der Waals surface area (Å²) in [6, 6.07) is 25.2. The summed E-state index contributed by atoms with van der Waals surface area (Å²) in [4.78, 5) is 27.1. The molecule has 0 bridgehead atoms. The highest BCUT2D eigenvalue weighted by Crippen LogP contribution is 2.28. The molecule has 1 aliphatic rings. The minimum Gasteiger partial charge on any atom is -0.370 e. The van der Waals surface area contributed by atoms with E-state index in [9.17, 15) is 9.59 Å². The Kier molecular flexibility index (Phi) is 6.09. The van der Waals surface area contributed by atoms with Crippen LogP contribution >= 0.6 is 0 Å². The van der Waals surface area contributed by atoms with Gasteiger partial charge in [-0.15, -0.1) is 0 Å². The lowest BCUT2D eigenvalue weighted by atomic mass is 10.0. The average molecular weight is 399 g/mol. The maximum atomic E-state index is 12.4. The summed E-state index contributed by atoms with van der Waals surface area (Å²) >= 11 is 0. The van der Waals surface area contributed by atoms with Crippen LogP contribution < -0.4 is 15.5 Å². The molecule has 5 heteroatoms. The first-order chi connectivity index (χ1) is 14.7. The van der Waals surface area contributed by atoms with Crippen molar-refractivity contribution in [3.05, 3.63) is 84.4 Å². The molecule has 0 aromatic heterocycles. The Labute approximate surface area is 176 Å². The first-order valence-corrected chi connectivity index (χ1v) is 10.3. The smallest absolute Gasteiger partial charge is 0.251 e. The fourth-order valence-electron chi connectivity index (χ4n) is 3.71. The second-order valence-corrected chi connectivity index (χ2v) is 7.39. The Hall–Kier alpha value is -3.60. The molecule has 0 radical (unpaired) electrons. The number of para-hydroxylation sites is 2. The Balaban J connectivity index is 1.34. The Bertz CT molecular complexity index is 1010. The van der Waals surface area contributed by atoms with Gasteiger partial charge in [0.05, 0.1) is 17.9 Å². The van der Waals surface area contributed by atoms with E-state index in [1.807, 2.05) is 66.7 Å². The summed E-state index contributed by atoms with van der Waals surface area (Å²) in [6.07, 6.45) is 2.34. The second kappa shape index (κ2) is 9.27. The van der Waals surface area contributed by atoms with Crippen molar-refractivity contribution in [3.63, 3.8) is 0 Å². The van der Waals surface area contributed by atoms with Crippen LogP contribution in [0.2, 0.25) is 0 Å². The molecule has 2 N–H and O–H groups in total. The summed E-state index contributed by atoms with van der Waals surface area (Å²) in [7, 11) is 0. The summed E-state index contributed by atoms with van der Waals surface area (Å²) in [5.41, 5.74) is 4.49. The van der Waals surface area contributed by atoms with E-state index in [1.54, 1.807) is 12.1 Å². The summed E-state index contributed by atoms with van der Waals surface area (Å²) in [5.74, 6) is -0.506. The van der Waals surface area contributed by atoms with Crippen molar-refractivity contribution in [1.82, 2.24) is 5.32 Å². The van der Waals surface area contributed by atoms with Gasteiger partial charge in [-0.2, -0.15) is 0 Å². The van der Waals surface area contributed by atoms with Gasteiger partial charge in [0, 0.05) is 18.7 Å². The molecule has 3 aromatic carbocycles. The first-order valence-electron chi connectivity index (χ1n) is 10.3. The van der Waals surface area contributed by atoms with Crippen LogP contribution in [0.3, 0.4) is 0 Å². The minimum atomic E-state index is -0.266. The number of hydrogen-bond donors (Lipinski definition) is 2. The molecule has 0 aliphatic carbocycles. The average Bonchev–Trinajstić information content (AvgIpc) is 3.33. The number of nitrogens with one attached hydrogen (secondary N) is 2. The molecule has 0 saturated carbocycles. The molecule has 0 atom stereocenters. The zero-order valence-corrected chi connectivity index (χ0v) is 16.8. The van der Waals surface area contributed by atoms with Crippen LogP contribution in [0.5, 0.6) is 0 Å². The van der Waals surface area contributed by atoms with E-state index < -0.39 is 0 Å². The molecule has 152 valence electrons. The topological polar surface area (TPSA) is 61.4 Å². The predicted octanol–water partition coefficient (Wildman–Crippen LogP) is 4.32. The van der Waals surface area contributed by atoms with E-state index in [4.69, 9.17) is 0 Å².